The smallest absolute Gasteiger partial charge is 0.405 e. The Hall–Kier alpha value is -3.21. The summed E-state index contributed by atoms with van der Waals surface area (Å²) >= 11 is 0. The molecule has 3 aromatic carbocycles. The van der Waals surface area contributed by atoms with Gasteiger partial charge in [-0.1, -0.05) is 54.6 Å². The number of hydrogen-bond acceptors (Lipinski definition) is 2. The molecule has 0 saturated heterocycles. The van der Waals surface area contributed by atoms with Crippen molar-refractivity contribution in [2.45, 2.75) is 6.04 Å². The number of amides is 1. The van der Waals surface area contributed by atoms with Gasteiger partial charge in [0, 0.05) is 5.56 Å². The molecule has 2 N–H and O–H groups in total. The minimum Gasteiger partial charge on any atom is -0.465 e. The van der Waals surface area contributed by atoms with Crippen LogP contribution in [0.25, 0.3) is 10.8 Å². The maximum absolute atomic E-state index is 13.1. The Kier molecular flexibility index (Phi) is 4.24. The molecule has 24 heavy (non-hydrogen) atoms. The Morgan fingerprint density at radius 3 is 2.29 bits per heavy atom. The van der Waals surface area contributed by atoms with E-state index in [-0.39, 0.29) is 5.78 Å². The van der Waals surface area contributed by atoms with Crippen molar-refractivity contribution in [2.75, 3.05) is 0 Å². The number of benzene rings is 3. The number of ketones is 1. The average molecular weight is 323 g/mol. The Labute approximate surface area is 137 Å². The molecule has 120 valence electrons. The van der Waals surface area contributed by atoms with Gasteiger partial charge >= 0.3 is 6.09 Å². The Morgan fingerprint density at radius 2 is 1.58 bits per heavy atom. The highest BCUT2D eigenvalue weighted by Gasteiger charge is 2.25. The number of Topliss-reactive ketones (excluding diaryl/α,β-unsaturated/α-hetero) is 1. The Bertz CT molecular complexity index is 901. The SMILES string of the molecule is O=C(O)NC(C(=O)c1cccc2ccccc12)c1ccc(F)cc1. The number of rotatable bonds is 4. The zero-order chi connectivity index (χ0) is 17.1. The molecule has 0 spiro atoms. The quantitative estimate of drug-likeness (QED) is 0.708. The van der Waals surface area contributed by atoms with Crippen LogP contribution in [0.5, 0.6) is 0 Å². The topological polar surface area (TPSA) is 66.4 Å². The number of hydrogen-bond donors (Lipinski definition) is 2. The summed E-state index contributed by atoms with van der Waals surface area (Å²) in [4.78, 5) is 24.1. The normalized spacial score (nSPS) is 11.9. The molecule has 4 nitrogen and oxygen atoms in total. The molecule has 0 aliphatic rings. The first kappa shape index (κ1) is 15.7. The van der Waals surface area contributed by atoms with Crippen molar-refractivity contribution in [1.29, 1.82) is 0 Å². The number of fused-ring (bicyclic) bond motifs is 1. The summed E-state index contributed by atoms with van der Waals surface area (Å²) in [5.41, 5.74) is 0.799. The van der Waals surface area contributed by atoms with Crippen molar-refractivity contribution in [3.63, 3.8) is 0 Å². The van der Waals surface area contributed by atoms with Gasteiger partial charge in [-0.2, -0.15) is 0 Å². The van der Waals surface area contributed by atoms with Gasteiger partial charge in [-0.25, -0.2) is 9.18 Å². The van der Waals surface area contributed by atoms with E-state index >= 15 is 0 Å². The maximum Gasteiger partial charge on any atom is 0.405 e. The van der Waals surface area contributed by atoms with Crippen LogP contribution in [0.2, 0.25) is 0 Å². The number of halogens is 1. The van der Waals surface area contributed by atoms with Gasteiger partial charge in [0.2, 0.25) is 0 Å². The van der Waals surface area contributed by atoms with Crippen LogP contribution < -0.4 is 5.32 Å². The van der Waals surface area contributed by atoms with Crippen LogP contribution in [0.3, 0.4) is 0 Å². The third-order valence-electron chi connectivity index (χ3n) is 3.79. The summed E-state index contributed by atoms with van der Waals surface area (Å²) in [6.07, 6.45) is -1.32. The van der Waals surface area contributed by atoms with Crippen molar-refractivity contribution in [3.05, 3.63) is 83.7 Å². The first-order chi connectivity index (χ1) is 11.6. The molecule has 0 saturated carbocycles. The number of carbonyl (C=O) groups is 2. The predicted octanol–water partition coefficient (Wildman–Crippen LogP) is 4.17. The molecule has 1 atom stereocenters. The van der Waals surface area contributed by atoms with Crippen LogP contribution in [0, 0.1) is 5.82 Å². The van der Waals surface area contributed by atoms with Gasteiger partial charge in [-0.05, 0) is 28.5 Å². The zero-order valence-electron chi connectivity index (χ0n) is 12.6. The Morgan fingerprint density at radius 1 is 0.917 bits per heavy atom. The number of nitrogens with one attached hydrogen (secondary N) is 1. The summed E-state index contributed by atoms with van der Waals surface area (Å²) in [6, 6.07) is 16.7. The average Bonchev–Trinajstić information content (AvgIpc) is 2.59. The van der Waals surface area contributed by atoms with Crippen molar-refractivity contribution in [1.82, 2.24) is 5.32 Å². The van der Waals surface area contributed by atoms with Crippen molar-refractivity contribution < 1.29 is 19.1 Å². The molecule has 5 heteroatoms. The molecule has 0 aliphatic heterocycles. The minimum absolute atomic E-state index is 0.386. The van der Waals surface area contributed by atoms with E-state index in [9.17, 15) is 14.0 Å². The first-order valence-corrected chi connectivity index (χ1v) is 7.33. The van der Waals surface area contributed by atoms with E-state index in [2.05, 4.69) is 5.32 Å². The second-order valence-corrected chi connectivity index (χ2v) is 5.33. The van der Waals surface area contributed by atoms with E-state index in [1.807, 2.05) is 30.3 Å². The molecule has 0 heterocycles. The van der Waals surface area contributed by atoms with Gasteiger partial charge in [0.05, 0.1) is 0 Å². The summed E-state index contributed by atoms with van der Waals surface area (Å²) < 4.78 is 13.1. The second-order valence-electron chi connectivity index (χ2n) is 5.33. The van der Waals surface area contributed by atoms with Crippen LogP contribution in [0.4, 0.5) is 9.18 Å². The van der Waals surface area contributed by atoms with Crippen LogP contribution in [-0.4, -0.2) is 17.0 Å². The van der Waals surface area contributed by atoms with Gasteiger partial charge in [-0.3, -0.25) is 4.79 Å². The highest BCUT2D eigenvalue weighted by Crippen LogP contribution is 2.25. The molecule has 0 aliphatic carbocycles. The van der Waals surface area contributed by atoms with E-state index in [1.54, 1.807) is 12.1 Å². The molecular weight excluding hydrogens is 309 g/mol. The number of carbonyl (C=O) groups excluding carboxylic acids is 1. The molecule has 1 amide bonds. The van der Waals surface area contributed by atoms with E-state index in [0.717, 1.165) is 10.8 Å². The Balaban J connectivity index is 2.08. The van der Waals surface area contributed by atoms with Gasteiger partial charge in [0.15, 0.2) is 5.78 Å². The zero-order valence-corrected chi connectivity index (χ0v) is 12.6. The van der Waals surface area contributed by atoms with Gasteiger partial charge in [-0.15, -0.1) is 0 Å². The monoisotopic (exact) mass is 323 g/mol. The molecule has 0 aromatic heterocycles. The molecule has 0 radical (unpaired) electrons. The third kappa shape index (κ3) is 3.10. The molecule has 0 bridgehead atoms. The molecule has 1 unspecified atom stereocenters. The van der Waals surface area contributed by atoms with Crippen LogP contribution in [-0.2, 0) is 0 Å². The van der Waals surface area contributed by atoms with E-state index in [4.69, 9.17) is 5.11 Å². The van der Waals surface area contributed by atoms with Crippen molar-refractivity contribution in [2.24, 2.45) is 0 Å². The summed E-state index contributed by atoms with van der Waals surface area (Å²) in [5.74, 6) is -0.841. The van der Waals surface area contributed by atoms with E-state index in [1.165, 1.54) is 24.3 Å². The van der Waals surface area contributed by atoms with Crippen LogP contribution >= 0.6 is 0 Å². The highest BCUT2D eigenvalue weighted by molar-refractivity contribution is 6.11. The number of carboxylic acid groups (broad SMARTS) is 1. The standard InChI is InChI=1S/C19H14FNO3/c20-14-10-8-13(9-11-14)17(21-19(23)24)18(22)16-7-3-5-12-4-1-2-6-15(12)16/h1-11,17,21H,(H,23,24). The lowest BCUT2D eigenvalue weighted by atomic mass is 9.93. The van der Waals surface area contributed by atoms with E-state index in [0.29, 0.717) is 11.1 Å². The van der Waals surface area contributed by atoms with Crippen LogP contribution in [0.15, 0.2) is 66.7 Å². The summed E-state index contributed by atoms with van der Waals surface area (Å²) in [5, 5.41) is 12.9. The second kappa shape index (κ2) is 6.50. The van der Waals surface area contributed by atoms with Crippen LogP contribution in [0.1, 0.15) is 22.0 Å². The third-order valence-corrected chi connectivity index (χ3v) is 3.79. The first-order valence-electron chi connectivity index (χ1n) is 7.33. The summed E-state index contributed by atoms with van der Waals surface area (Å²) in [7, 11) is 0. The lowest BCUT2D eigenvalue weighted by molar-refractivity contribution is 0.0938. The maximum atomic E-state index is 13.1. The minimum atomic E-state index is -1.32. The highest BCUT2D eigenvalue weighted by atomic mass is 19.1. The van der Waals surface area contributed by atoms with Gasteiger partial charge < -0.3 is 10.4 Å². The van der Waals surface area contributed by atoms with Crippen molar-refractivity contribution >= 4 is 22.6 Å². The largest absolute Gasteiger partial charge is 0.465 e. The predicted molar refractivity (Wildman–Crippen MR) is 88.6 cm³/mol. The van der Waals surface area contributed by atoms with Gasteiger partial charge in [0.25, 0.3) is 0 Å². The van der Waals surface area contributed by atoms with Gasteiger partial charge in [0.1, 0.15) is 11.9 Å². The molecule has 0 fully saturated rings. The van der Waals surface area contributed by atoms with Crippen molar-refractivity contribution in [3.8, 4) is 0 Å². The van der Waals surface area contributed by atoms with E-state index < -0.39 is 18.0 Å². The fraction of sp³-hybridized carbons (Fsp3) is 0.0526. The molecule has 3 rings (SSSR count). The summed E-state index contributed by atoms with van der Waals surface area (Å²) in [6.45, 7) is 0. The fourth-order valence-corrected chi connectivity index (χ4v) is 2.67. The lowest BCUT2D eigenvalue weighted by Gasteiger charge is -2.17. The fourth-order valence-electron chi connectivity index (χ4n) is 2.67. The molecular formula is C19H14FNO3. The lowest BCUT2D eigenvalue weighted by Crippen LogP contribution is -2.32. The molecule has 3 aromatic rings.